The maximum atomic E-state index is 11.3. The van der Waals surface area contributed by atoms with Crippen molar-refractivity contribution in [1.29, 1.82) is 0 Å². The summed E-state index contributed by atoms with van der Waals surface area (Å²) in [6, 6.07) is 9.36. The van der Waals surface area contributed by atoms with E-state index in [1.807, 2.05) is 0 Å². The number of benzene rings is 2. The van der Waals surface area contributed by atoms with Gasteiger partial charge >= 0.3 is 5.76 Å². The van der Waals surface area contributed by atoms with Crippen LogP contribution in [0.1, 0.15) is 10.4 Å². The van der Waals surface area contributed by atoms with Crippen molar-refractivity contribution in [3.05, 3.63) is 57.5 Å². The standard InChI is InChI=1S/C14H8ClNO4/c15-7-5-10(12-11(6-7)16-14(19)20-12)8-3-1-2-4-9(8)13(17)18/h1-6H,(H,16,19)(H,17,18)/p-1. The Morgan fingerprint density at radius 2 is 1.95 bits per heavy atom. The monoisotopic (exact) mass is 288 g/mol. The fourth-order valence-electron chi connectivity index (χ4n) is 2.12. The van der Waals surface area contributed by atoms with Gasteiger partial charge in [0, 0.05) is 16.1 Å². The molecule has 0 aliphatic carbocycles. The molecule has 20 heavy (non-hydrogen) atoms. The minimum absolute atomic E-state index is 0.0000781. The van der Waals surface area contributed by atoms with Gasteiger partial charge in [-0.3, -0.25) is 4.98 Å². The van der Waals surface area contributed by atoms with Crippen molar-refractivity contribution in [3.63, 3.8) is 0 Å². The fraction of sp³-hybridized carbons (Fsp3) is 0. The number of oxazole rings is 1. The van der Waals surface area contributed by atoms with Gasteiger partial charge < -0.3 is 14.3 Å². The third kappa shape index (κ3) is 1.98. The summed E-state index contributed by atoms with van der Waals surface area (Å²) in [5, 5.41) is 11.5. The van der Waals surface area contributed by atoms with Crippen LogP contribution in [0.15, 0.2) is 45.6 Å². The predicted molar refractivity (Wildman–Crippen MR) is 71.6 cm³/mol. The van der Waals surface area contributed by atoms with Crippen LogP contribution in [0.2, 0.25) is 5.02 Å². The van der Waals surface area contributed by atoms with Crippen molar-refractivity contribution in [2.75, 3.05) is 0 Å². The molecule has 0 unspecified atom stereocenters. The highest BCUT2D eigenvalue weighted by Gasteiger charge is 2.14. The molecule has 5 nitrogen and oxygen atoms in total. The maximum Gasteiger partial charge on any atom is 0.417 e. The van der Waals surface area contributed by atoms with Crippen LogP contribution in [-0.4, -0.2) is 11.0 Å². The quantitative estimate of drug-likeness (QED) is 0.779. The molecule has 0 spiro atoms. The van der Waals surface area contributed by atoms with Crippen molar-refractivity contribution in [2.24, 2.45) is 0 Å². The number of H-pyrrole nitrogens is 1. The normalized spacial score (nSPS) is 10.8. The van der Waals surface area contributed by atoms with Gasteiger partial charge in [0.05, 0.1) is 11.5 Å². The molecule has 1 heterocycles. The van der Waals surface area contributed by atoms with Crippen molar-refractivity contribution >= 4 is 28.7 Å². The van der Waals surface area contributed by atoms with E-state index in [1.54, 1.807) is 24.3 Å². The molecule has 0 radical (unpaired) electrons. The van der Waals surface area contributed by atoms with Gasteiger partial charge in [0.2, 0.25) is 0 Å². The van der Waals surface area contributed by atoms with Crippen LogP contribution in [-0.2, 0) is 0 Å². The SMILES string of the molecule is O=C([O-])c1ccccc1-c1cc(Cl)cc2[nH]c(=O)oc12. The maximum absolute atomic E-state index is 11.3. The smallest absolute Gasteiger partial charge is 0.417 e. The summed E-state index contributed by atoms with van der Waals surface area (Å²) >= 11 is 5.99. The lowest BCUT2D eigenvalue weighted by molar-refractivity contribution is -0.254. The summed E-state index contributed by atoms with van der Waals surface area (Å²) in [7, 11) is 0. The Morgan fingerprint density at radius 3 is 2.70 bits per heavy atom. The van der Waals surface area contributed by atoms with E-state index in [1.165, 1.54) is 12.1 Å². The van der Waals surface area contributed by atoms with E-state index in [-0.39, 0.29) is 11.1 Å². The molecule has 0 fully saturated rings. The number of fused-ring (bicyclic) bond motifs is 1. The molecule has 0 atom stereocenters. The zero-order chi connectivity index (χ0) is 14.3. The fourth-order valence-corrected chi connectivity index (χ4v) is 2.34. The number of aromatic amines is 1. The highest BCUT2D eigenvalue weighted by atomic mass is 35.5. The molecule has 0 aliphatic heterocycles. The highest BCUT2D eigenvalue weighted by Crippen LogP contribution is 2.32. The molecule has 1 aromatic heterocycles. The minimum atomic E-state index is -1.31. The topological polar surface area (TPSA) is 86.1 Å². The van der Waals surface area contributed by atoms with Gasteiger partial charge in [-0.15, -0.1) is 0 Å². The van der Waals surface area contributed by atoms with Crippen LogP contribution >= 0.6 is 11.6 Å². The zero-order valence-electron chi connectivity index (χ0n) is 9.98. The number of carbonyl (C=O) groups excluding carboxylic acids is 1. The molecular formula is C14H7ClNO4-. The number of halogens is 1. The predicted octanol–water partition coefficient (Wildman–Crippen LogP) is 1.80. The first-order valence-electron chi connectivity index (χ1n) is 5.69. The van der Waals surface area contributed by atoms with Crippen LogP contribution in [0.5, 0.6) is 0 Å². The molecule has 0 bridgehead atoms. The minimum Gasteiger partial charge on any atom is -0.545 e. The van der Waals surface area contributed by atoms with Crippen molar-refractivity contribution < 1.29 is 14.3 Å². The first-order valence-corrected chi connectivity index (χ1v) is 6.07. The van der Waals surface area contributed by atoms with E-state index >= 15 is 0 Å². The van der Waals surface area contributed by atoms with E-state index in [2.05, 4.69) is 4.98 Å². The zero-order valence-corrected chi connectivity index (χ0v) is 10.7. The number of aromatic nitrogens is 1. The molecule has 3 aromatic rings. The van der Waals surface area contributed by atoms with Crippen LogP contribution in [0.3, 0.4) is 0 Å². The third-order valence-electron chi connectivity index (χ3n) is 2.92. The number of carboxylic acid groups (broad SMARTS) is 1. The second-order valence-corrected chi connectivity index (χ2v) is 4.61. The first-order chi connectivity index (χ1) is 9.56. The number of nitrogens with one attached hydrogen (secondary N) is 1. The van der Waals surface area contributed by atoms with Gasteiger partial charge in [-0.2, -0.15) is 0 Å². The Hall–Kier alpha value is -2.53. The summed E-state index contributed by atoms with van der Waals surface area (Å²) in [6.07, 6.45) is 0. The second kappa shape index (κ2) is 4.54. The lowest BCUT2D eigenvalue weighted by Gasteiger charge is -2.10. The lowest BCUT2D eigenvalue weighted by Crippen LogP contribution is -2.22. The molecule has 100 valence electrons. The lowest BCUT2D eigenvalue weighted by atomic mass is 9.99. The molecule has 0 saturated carbocycles. The van der Waals surface area contributed by atoms with E-state index in [0.717, 1.165) is 0 Å². The molecule has 0 aliphatic rings. The number of hydrogen-bond acceptors (Lipinski definition) is 4. The summed E-state index contributed by atoms with van der Waals surface area (Å²) in [4.78, 5) is 25.0. The molecule has 6 heteroatoms. The third-order valence-corrected chi connectivity index (χ3v) is 3.14. The number of carbonyl (C=O) groups is 1. The Kier molecular flexibility index (Phi) is 2.84. The first kappa shape index (κ1) is 12.5. The molecule has 3 rings (SSSR count). The van der Waals surface area contributed by atoms with Gasteiger partial charge in [-0.25, -0.2) is 4.79 Å². The molecule has 0 saturated heterocycles. The summed E-state index contributed by atoms with van der Waals surface area (Å²) < 4.78 is 5.06. The van der Waals surface area contributed by atoms with Crippen LogP contribution < -0.4 is 10.9 Å². The van der Waals surface area contributed by atoms with Crippen molar-refractivity contribution in [3.8, 4) is 11.1 Å². The van der Waals surface area contributed by atoms with E-state index < -0.39 is 11.7 Å². The molecular weight excluding hydrogens is 282 g/mol. The summed E-state index contributed by atoms with van der Waals surface area (Å²) in [5.41, 5.74) is 1.46. The van der Waals surface area contributed by atoms with E-state index in [0.29, 0.717) is 21.7 Å². The Balaban J connectivity index is 2.40. The van der Waals surface area contributed by atoms with E-state index in [4.69, 9.17) is 16.0 Å². The van der Waals surface area contributed by atoms with E-state index in [9.17, 15) is 14.7 Å². The summed E-state index contributed by atoms with van der Waals surface area (Å²) in [6.45, 7) is 0. The second-order valence-electron chi connectivity index (χ2n) is 4.18. The Morgan fingerprint density at radius 1 is 1.20 bits per heavy atom. The summed E-state index contributed by atoms with van der Waals surface area (Å²) in [5.74, 6) is -1.94. The van der Waals surface area contributed by atoms with Crippen LogP contribution in [0.25, 0.3) is 22.2 Å². The number of rotatable bonds is 2. The molecule has 2 aromatic carbocycles. The average molecular weight is 289 g/mol. The largest absolute Gasteiger partial charge is 0.545 e. The number of aromatic carboxylic acids is 1. The highest BCUT2D eigenvalue weighted by molar-refractivity contribution is 6.31. The van der Waals surface area contributed by atoms with Crippen molar-refractivity contribution in [2.45, 2.75) is 0 Å². The van der Waals surface area contributed by atoms with Gasteiger partial charge in [0.25, 0.3) is 0 Å². The van der Waals surface area contributed by atoms with Gasteiger partial charge in [-0.05, 0) is 17.7 Å². The Labute approximate surface area is 117 Å². The number of carboxylic acids is 1. The average Bonchev–Trinajstić information content (AvgIpc) is 2.77. The van der Waals surface area contributed by atoms with Gasteiger partial charge in [0.15, 0.2) is 5.58 Å². The molecule has 0 amide bonds. The van der Waals surface area contributed by atoms with Gasteiger partial charge in [0.1, 0.15) is 0 Å². The van der Waals surface area contributed by atoms with Crippen LogP contribution in [0, 0.1) is 0 Å². The number of hydrogen-bond donors (Lipinski definition) is 1. The van der Waals surface area contributed by atoms with Gasteiger partial charge in [-0.1, -0.05) is 35.9 Å². The van der Waals surface area contributed by atoms with Crippen LogP contribution in [0.4, 0.5) is 0 Å². The van der Waals surface area contributed by atoms with Crippen molar-refractivity contribution in [1.82, 2.24) is 4.98 Å². The Bertz CT molecular complexity index is 878. The molecule has 1 N–H and O–H groups in total.